The average Bonchev–Trinajstić information content (AvgIpc) is 3.64. The van der Waals surface area contributed by atoms with Gasteiger partial charge in [0.25, 0.3) is 0 Å². The summed E-state index contributed by atoms with van der Waals surface area (Å²) in [5.41, 5.74) is 13.2. The van der Waals surface area contributed by atoms with Gasteiger partial charge < -0.3 is 10.1 Å². The van der Waals surface area contributed by atoms with Crippen LogP contribution in [-0.2, 0) is 26.5 Å². The van der Waals surface area contributed by atoms with E-state index in [0.29, 0.717) is 5.69 Å². The number of fused-ring (bicyclic) bond motifs is 2. The van der Waals surface area contributed by atoms with E-state index < -0.39 is 5.97 Å². The average molecular weight is 813 g/mol. The van der Waals surface area contributed by atoms with Gasteiger partial charge in [-0.25, -0.2) is 14.8 Å². The monoisotopic (exact) mass is 812 g/mol. The van der Waals surface area contributed by atoms with Crippen molar-refractivity contribution in [1.29, 1.82) is 0 Å². The maximum Gasteiger partial charge on any atom is 0.354 e. The molecule has 1 N–H and O–H groups in total. The summed E-state index contributed by atoms with van der Waals surface area (Å²) in [5, 5.41) is 11.2. The van der Waals surface area contributed by atoms with E-state index in [1.165, 1.54) is 5.56 Å². The summed E-state index contributed by atoms with van der Waals surface area (Å²) in [4.78, 5) is 27.2. The van der Waals surface area contributed by atoms with Gasteiger partial charge in [0.15, 0.2) is 0 Å². The molecule has 3 heterocycles. The summed E-state index contributed by atoms with van der Waals surface area (Å²) < 4.78 is 2.21. The van der Waals surface area contributed by atoms with Gasteiger partial charge in [0.05, 0.1) is 16.7 Å². The minimum atomic E-state index is -1.07. The normalized spacial score (nSPS) is 11.6. The van der Waals surface area contributed by atoms with Crippen molar-refractivity contribution < 1.29 is 31.0 Å². The Morgan fingerprint density at radius 1 is 0.750 bits per heavy atom. The van der Waals surface area contributed by atoms with Crippen molar-refractivity contribution in [3.8, 4) is 39.5 Å². The van der Waals surface area contributed by atoms with Crippen LogP contribution in [0.3, 0.4) is 0 Å². The molecule has 0 amide bonds. The molecule has 0 fully saturated rings. The summed E-state index contributed by atoms with van der Waals surface area (Å²) in [6.45, 7) is 15.0. The van der Waals surface area contributed by atoms with Gasteiger partial charge in [-0.3, -0.25) is 4.57 Å². The minimum absolute atomic E-state index is 0. The van der Waals surface area contributed by atoms with E-state index in [1.54, 1.807) is 6.07 Å². The fraction of sp³-hybridized carbons (Fsp3) is 0.195. The van der Waals surface area contributed by atoms with Crippen LogP contribution in [0, 0.1) is 27.7 Å². The van der Waals surface area contributed by atoms with E-state index in [2.05, 4.69) is 105 Å². The molecule has 4 aromatic carbocycles. The first kappa shape index (κ1) is 33.1. The summed E-state index contributed by atoms with van der Waals surface area (Å²) in [6, 6.07) is 28.9. The van der Waals surface area contributed by atoms with Crippen LogP contribution in [0.4, 0.5) is 0 Å². The molecule has 0 aliphatic rings. The van der Waals surface area contributed by atoms with E-state index in [4.69, 9.17) is 9.97 Å². The van der Waals surface area contributed by atoms with Gasteiger partial charge in [-0.05, 0) is 103 Å². The number of carboxylic acid groups (broad SMARTS) is 1. The van der Waals surface area contributed by atoms with E-state index in [0.717, 1.165) is 78.0 Å². The van der Waals surface area contributed by atoms with Gasteiger partial charge in [0, 0.05) is 37.9 Å². The van der Waals surface area contributed by atoms with Gasteiger partial charge >= 0.3 is 5.97 Å². The van der Waals surface area contributed by atoms with Crippen LogP contribution >= 0.6 is 0 Å². The largest absolute Gasteiger partial charge is 0.663 e. The molecule has 7 heteroatoms. The third kappa shape index (κ3) is 6.02. The molecular formula is C41H37N4O2Pt-. The molecule has 0 aliphatic carbocycles. The van der Waals surface area contributed by atoms with Crippen LogP contribution < -0.4 is 4.98 Å². The van der Waals surface area contributed by atoms with Crippen molar-refractivity contribution in [2.45, 2.75) is 53.9 Å². The molecule has 3 aromatic heterocycles. The predicted molar refractivity (Wildman–Crippen MR) is 191 cm³/mol. The number of carboxylic acids is 1. The second-order valence-corrected chi connectivity index (χ2v) is 13.8. The topological polar surface area (TPSA) is 82.1 Å². The molecule has 0 bridgehead atoms. The molecule has 0 unspecified atom stereocenters. The number of hydrogen-bond acceptors (Lipinski definition) is 3. The van der Waals surface area contributed by atoms with Crippen LogP contribution in [0.15, 0.2) is 91.1 Å². The Morgan fingerprint density at radius 3 is 2.04 bits per heavy atom. The van der Waals surface area contributed by atoms with Crippen molar-refractivity contribution in [2.75, 3.05) is 0 Å². The first-order valence-electron chi connectivity index (χ1n) is 15.9. The van der Waals surface area contributed by atoms with Gasteiger partial charge in [0.2, 0.25) is 0 Å². The quantitative estimate of drug-likeness (QED) is 0.187. The van der Waals surface area contributed by atoms with Crippen LogP contribution in [0.5, 0.6) is 0 Å². The molecule has 7 rings (SSSR count). The standard InChI is InChI=1S/C41H38N4O2.Pt/c1-23-13-24(2)16-28(15-23)29-20-34(43-35(21-29)40(46)47)32-9-8-10-36-38(32)44-39(45(36)31-17-25(3)14-26(4)18-31)33-22-30(41(5,6)7)19-27-11-12-42-37(27)33;/h8-22H,1-7H3,(H2,42,43,44,46,47);/p-1. The predicted octanol–water partition coefficient (Wildman–Crippen LogP) is 9.76. The summed E-state index contributed by atoms with van der Waals surface area (Å²) >= 11 is 0. The van der Waals surface area contributed by atoms with E-state index in [9.17, 15) is 9.90 Å². The molecule has 0 aliphatic heterocycles. The van der Waals surface area contributed by atoms with Crippen LogP contribution in [0.25, 0.3) is 61.4 Å². The third-order valence-corrected chi connectivity index (χ3v) is 8.73. The second-order valence-electron chi connectivity index (χ2n) is 13.8. The molecule has 6 nitrogen and oxygen atoms in total. The molecule has 244 valence electrons. The number of aromatic nitrogens is 4. The summed E-state index contributed by atoms with van der Waals surface area (Å²) in [6.07, 6.45) is 1.85. The SMILES string of the molecule is Cc1cc(C)cc(-c2cc(C(=O)O)nc(-c3cccc4c3nc(-c3cc(C(C)(C)C)cc5cc[n-]c35)n4-c3cc(C)cc(C)c3)c2)c1.[Pt]. The number of aromatic carboxylic acids is 1. The maximum absolute atomic E-state index is 12.4. The zero-order chi connectivity index (χ0) is 33.2. The fourth-order valence-corrected chi connectivity index (χ4v) is 6.64. The van der Waals surface area contributed by atoms with Gasteiger partial charge in [-0.1, -0.05) is 80.4 Å². The van der Waals surface area contributed by atoms with Gasteiger partial charge in [0.1, 0.15) is 11.5 Å². The van der Waals surface area contributed by atoms with Crippen molar-refractivity contribution >= 4 is 27.9 Å². The van der Waals surface area contributed by atoms with Crippen molar-refractivity contribution in [1.82, 2.24) is 19.5 Å². The zero-order valence-corrected chi connectivity index (χ0v) is 30.4. The molecule has 48 heavy (non-hydrogen) atoms. The molecule has 0 atom stereocenters. The molecular weight excluding hydrogens is 776 g/mol. The van der Waals surface area contributed by atoms with E-state index in [-0.39, 0.29) is 32.2 Å². The molecule has 0 saturated heterocycles. The van der Waals surface area contributed by atoms with Crippen molar-refractivity contribution in [3.05, 3.63) is 125 Å². The number of benzene rings is 4. The van der Waals surface area contributed by atoms with Gasteiger partial charge in [-0.2, -0.15) is 6.20 Å². The number of aryl methyl sites for hydroxylation is 4. The van der Waals surface area contributed by atoms with Crippen LogP contribution in [0.1, 0.15) is 59.1 Å². The summed E-state index contributed by atoms with van der Waals surface area (Å²) in [5.74, 6) is -0.300. The molecule has 7 aromatic rings. The van der Waals surface area contributed by atoms with Crippen LogP contribution in [-0.4, -0.2) is 25.6 Å². The first-order chi connectivity index (χ1) is 22.4. The molecule has 0 spiro atoms. The Labute approximate surface area is 295 Å². The number of para-hydroxylation sites is 1. The number of pyridine rings is 1. The maximum atomic E-state index is 12.4. The first-order valence-corrected chi connectivity index (χ1v) is 15.9. The number of carbonyl (C=O) groups is 1. The number of nitrogens with zero attached hydrogens (tertiary/aromatic N) is 4. The van der Waals surface area contributed by atoms with Crippen molar-refractivity contribution in [3.63, 3.8) is 0 Å². The Balaban J connectivity index is 0.00000401. The number of hydrogen-bond donors (Lipinski definition) is 1. The van der Waals surface area contributed by atoms with Crippen LogP contribution in [0.2, 0.25) is 0 Å². The Morgan fingerprint density at radius 2 is 1.40 bits per heavy atom. The fourth-order valence-electron chi connectivity index (χ4n) is 6.64. The zero-order valence-electron chi connectivity index (χ0n) is 28.1. The van der Waals surface area contributed by atoms with E-state index in [1.807, 2.05) is 38.2 Å². The molecule has 0 radical (unpaired) electrons. The van der Waals surface area contributed by atoms with E-state index >= 15 is 0 Å². The Hall–Kier alpha value is -4.80. The number of rotatable bonds is 5. The molecule has 0 saturated carbocycles. The Kier molecular flexibility index (Phi) is 8.51. The second kappa shape index (κ2) is 12.3. The van der Waals surface area contributed by atoms with Crippen molar-refractivity contribution in [2.24, 2.45) is 0 Å². The Bertz CT molecular complexity index is 2330. The number of imidazole rings is 1. The summed E-state index contributed by atoms with van der Waals surface area (Å²) in [7, 11) is 0. The van der Waals surface area contributed by atoms with Gasteiger partial charge in [-0.15, -0.1) is 5.52 Å². The smallest absolute Gasteiger partial charge is 0.354 e. The minimum Gasteiger partial charge on any atom is -0.663 e. The third-order valence-electron chi connectivity index (χ3n) is 8.73.